The minimum absolute atomic E-state index is 0.0106. The molecule has 4 heterocycles. The molecule has 0 spiro atoms. The fourth-order valence-electron chi connectivity index (χ4n) is 4.67. The summed E-state index contributed by atoms with van der Waals surface area (Å²) < 4.78 is 48.9. The fraction of sp³-hybridized carbons (Fsp3) is 0.500. The number of hydrogen-bond donors (Lipinski definition) is 0. The van der Waals surface area contributed by atoms with Gasteiger partial charge in [0.2, 0.25) is 5.88 Å². The van der Waals surface area contributed by atoms with E-state index in [1.165, 1.54) is 7.11 Å². The molecule has 5 rings (SSSR count). The molecule has 1 aromatic heterocycles. The van der Waals surface area contributed by atoms with E-state index in [0.29, 0.717) is 62.3 Å². The second kappa shape index (κ2) is 10.4. The van der Waals surface area contributed by atoms with Gasteiger partial charge in [-0.3, -0.25) is 0 Å². The van der Waals surface area contributed by atoms with Crippen molar-refractivity contribution in [2.24, 2.45) is 0 Å². The maximum Gasteiger partial charge on any atom is 0.337 e. The molecule has 3 aliphatic heterocycles. The highest BCUT2D eigenvalue weighted by atomic mass is 35.5. The number of benzene rings is 1. The van der Waals surface area contributed by atoms with Crippen molar-refractivity contribution in [1.82, 2.24) is 4.98 Å². The smallest absolute Gasteiger partial charge is 0.337 e. The highest BCUT2D eigenvalue weighted by molar-refractivity contribution is 7.91. The second-order valence-corrected chi connectivity index (χ2v) is 11.3. The van der Waals surface area contributed by atoms with Crippen LogP contribution in [0, 0.1) is 0 Å². The van der Waals surface area contributed by atoms with Gasteiger partial charge in [0.15, 0.2) is 15.7 Å². The molecule has 194 valence electrons. The number of morpholine rings is 1. The molecule has 2 aromatic rings. The van der Waals surface area contributed by atoms with Crippen molar-refractivity contribution in [3.8, 4) is 11.6 Å². The third-order valence-corrected chi connectivity index (χ3v) is 8.74. The van der Waals surface area contributed by atoms with E-state index in [9.17, 15) is 13.2 Å². The average molecular weight is 538 g/mol. The van der Waals surface area contributed by atoms with Gasteiger partial charge in [0.1, 0.15) is 21.4 Å². The number of ether oxygens (including phenoxy) is 4. The van der Waals surface area contributed by atoms with Gasteiger partial charge in [-0.05, 0) is 37.1 Å². The lowest BCUT2D eigenvalue weighted by atomic mass is 10.2. The van der Waals surface area contributed by atoms with Gasteiger partial charge in [-0.25, -0.2) is 13.2 Å². The quantitative estimate of drug-likeness (QED) is 0.510. The summed E-state index contributed by atoms with van der Waals surface area (Å²) in [6, 6.07) is 6.39. The molecule has 0 saturated carbocycles. The van der Waals surface area contributed by atoms with Crippen molar-refractivity contribution >= 4 is 38.9 Å². The molecule has 0 unspecified atom stereocenters. The van der Waals surface area contributed by atoms with Gasteiger partial charge in [-0.1, -0.05) is 11.6 Å². The molecule has 12 heteroatoms. The molecule has 1 aromatic carbocycles. The van der Waals surface area contributed by atoms with E-state index in [-0.39, 0.29) is 34.2 Å². The summed E-state index contributed by atoms with van der Waals surface area (Å²) in [5, 5.41) is 0.0947. The number of anilines is 2. The van der Waals surface area contributed by atoms with Gasteiger partial charge in [-0.15, -0.1) is 0 Å². The van der Waals surface area contributed by atoms with E-state index >= 15 is 0 Å². The van der Waals surface area contributed by atoms with Gasteiger partial charge in [-0.2, -0.15) is 4.98 Å². The highest BCUT2D eigenvalue weighted by Crippen LogP contribution is 2.47. The topological polar surface area (TPSA) is 108 Å². The van der Waals surface area contributed by atoms with Crippen LogP contribution in [-0.2, 0) is 24.0 Å². The van der Waals surface area contributed by atoms with Crippen LogP contribution < -0.4 is 14.5 Å². The molecule has 0 radical (unpaired) electrons. The van der Waals surface area contributed by atoms with Crippen LogP contribution in [0.2, 0.25) is 5.02 Å². The first-order valence-electron chi connectivity index (χ1n) is 11.9. The second-order valence-electron chi connectivity index (χ2n) is 8.85. The Bertz CT molecular complexity index is 1230. The summed E-state index contributed by atoms with van der Waals surface area (Å²) in [5.41, 5.74) is 0.711. The lowest BCUT2D eigenvalue weighted by Gasteiger charge is -2.36. The molecule has 3 aliphatic rings. The maximum atomic E-state index is 13.3. The molecule has 2 fully saturated rings. The number of halogens is 1. The zero-order valence-electron chi connectivity index (χ0n) is 19.9. The van der Waals surface area contributed by atoms with E-state index in [1.807, 2.05) is 9.80 Å². The lowest BCUT2D eigenvalue weighted by molar-refractivity contribution is 0.0600. The van der Waals surface area contributed by atoms with Crippen LogP contribution in [0.3, 0.4) is 0 Å². The Morgan fingerprint density at radius 3 is 2.58 bits per heavy atom. The van der Waals surface area contributed by atoms with E-state index in [0.717, 1.165) is 12.8 Å². The Balaban J connectivity index is 1.60. The third kappa shape index (κ3) is 4.97. The average Bonchev–Trinajstić information content (AvgIpc) is 3.40. The minimum atomic E-state index is -3.69. The Morgan fingerprint density at radius 2 is 1.92 bits per heavy atom. The van der Waals surface area contributed by atoms with Crippen molar-refractivity contribution in [3.05, 3.63) is 34.9 Å². The summed E-state index contributed by atoms with van der Waals surface area (Å²) in [5.74, 6) is 0.358. The first kappa shape index (κ1) is 25.1. The Hall–Kier alpha value is -2.60. The first-order chi connectivity index (χ1) is 17.4. The number of carbonyl (C=O) groups excluding carboxylic acids is 1. The molecule has 10 nitrogen and oxygen atoms in total. The maximum absolute atomic E-state index is 13.3. The number of rotatable bonds is 6. The van der Waals surface area contributed by atoms with Gasteiger partial charge < -0.3 is 28.7 Å². The first-order valence-corrected chi connectivity index (χ1v) is 13.9. The van der Waals surface area contributed by atoms with E-state index in [4.69, 9.17) is 35.5 Å². The third-order valence-electron chi connectivity index (χ3n) is 6.53. The van der Waals surface area contributed by atoms with Crippen molar-refractivity contribution in [1.29, 1.82) is 0 Å². The van der Waals surface area contributed by atoms with Crippen LogP contribution in [0.1, 0.15) is 23.2 Å². The lowest BCUT2D eigenvalue weighted by Crippen LogP contribution is -2.41. The summed E-state index contributed by atoms with van der Waals surface area (Å²) in [4.78, 5) is 20.5. The van der Waals surface area contributed by atoms with Gasteiger partial charge in [0.05, 0.1) is 37.7 Å². The molecular weight excluding hydrogens is 510 g/mol. The molecule has 0 amide bonds. The number of carbonyl (C=O) groups is 1. The van der Waals surface area contributed by atoms with Crippen LogP contribution in [0.25, 0.3) is 0 Å². The summed E-state index contributed by atoms with van der Waals surface area (Å²) in [6.07, 6.45) is 1.86. The van der Waals surface area contributed by atoms with Crippen LogP contribution in [0.15, 0.2) is 29.2 Å². The van der Waals surface area contributed by atoms with E-state index in [2.05, 4.69) is 0 Å². The monoisotopic (exact) mass is 537 g/mol. The van der Waals surface area contributed by atoms with Crippen LogP contribution >= 0.6 is 11.6 Å². The Kier molecular flexibility index (Phi) is 7.25. The van der Waals surface area contributed by atoms with Crippen LogP contribution in [0.5, 0.6) is 11.6 Å². The van der Waals surface area contributed by atoms with Crippen molar-refractivity contribution in [2.75, 3.05) is 68.7 Å². The molecule has 1 atom stereocenters. The number of esters is 1. The summed E-state index contributed by atoms with van der Waals surface area (Å²) >= 11 is 6.78. The number of nitrogens with zero attached hydrogens (tertiary/aromatic N) is 3. The predicted octanol–water partition coefficient (Wildman–Crippen LogP) is 2.92. The standard InChI is InChI=1S/C24H28ClN3O7S/c1-32-24(29)16-4-6-17(7-5-16)35-23-20-21(19(25)22(26-23)27-8-12-33-13-9-27)36(30,31)14-10-28(20)15-18-3-2-11-34-18/h4-7,18H,2-3,8-15H2,1H3/t18-/m0/s1. The number of sulfone groups is 1. The largest absolute Gasteiger partial charge is 0.465 e. The molecular formula is C24H28ClN3O7S. The minimum Gasteiger partial charge on any atom is -0.465 e. The van der Waals surface area contributed by atoms with Crippen LogP contribution in [0.4, 0.5) is 11.5 Å². The number of hydrogen-bond acceptors (Lipinski definition) is 10. The molecule has 0 aliphatic carbocycles. The number of aromatic nitrogens is 1. The van der Waals surface area contributed by atoms with E-state index < -0.39 is 15.8 Å². The number of fused-ring (bicyclic) bond motifs is 1. The highest BCUT2D eigenvalue weighted by Gasteiger charge is 2.39. The Labute approximate surface area is 214 Å². The summed E-state index contributed by atoms with van der Waals surface area (Å²) in [6.45, 7) is 3.50. The molecule has 36 heavy (non-hydrogen) atoms. The molecule has 0 N–H and O–H groups in total. The fourth-order valence-corrected chi connectivity index (χ4v) is 6.81. The van der Waals surface area contributed by atoms with Crippen LogP contribution in [-0.4, -0.2) is 84.3 Å². The van der Waals surface area contributed by atoms with Crippen molar-refractivity contribution in [2.45, 2.75) is 23.8 Å². The van der Waals surface area contributed by atoms with Crippen molar-refractivity contribution < 1.29 is 32.2 Å². The molecule has 0 bridgehead atoms. The summed E-state index contributed by atoms with van der Waals surface area (Å²) in [7, 11) is -2.38. The zero-order valence-corrected chi connectivity index (χ0v) is 21.5. The van der Waals surface area contributed by atoms with Gasteiger partial charge in [0, 0.05) is 32.8 Å². The van der Waals surface area contributed by atoms with Crippen molar-refractivity contribution in [3.63, 3.8) is 0 Å². The number of methoxy groups -OCH3 is 1. The Morgan fingerprint density at radius 1 is 1.17 bits per heavy atom. The predicted molar refractivity (Wildman–Crippen MR) is 133 cm³/mol. The van der Waals surface area contributed by atoms with Gasteiger partial charge >= 0.3 is 5.97 Å². The normalized spacial score (nSPS) is 21.2. The molecule has 2 saturated heterocycles. The van der Waals surface area contributed by atoms with E-state index in [1.54, 1.807) is 24.3 Å². The van der Waals surface area contributed by atoms with Gasteiger partial charge in [0.25, 0.3) is 0 Å². The number of pyridine rings is 1. The SMILES string of the molecule is COC(=O)c1ccc(Oc2nc(N3CCOCC3)c(Cl)c3c2N(C[C@@H]2CCCO2)CCS3(=O)=O)cc1. The zero-order chi connectivity index (χ0) is 25.3.